The number of nitrogens with zero attached hydrogens (tertiary/aromatic N) is 2. The number of ether oxygens (including phenoxy) is 1. The number of para-hydroxylation sites is 1. The van der Waals surface area contributed by atoms with Crippen LogP contribution in [0, 0.1) is 0 Å². The van der Waals surface area contributed by atoms with Crippen LogP contribution in [-0.4, -0.2) is 41.0 Å². The Morgan fingerprint density at radius 1 is 1.13 bits per heavy atom. The summed E-state index contributed by atoms with van der Waals surface area (Å²) in [5.74, 6) is 1.30. The van der Waals surface area contributed by atoms with E-state index in [1.807, 2.05) is 35.2 Å². The van der Waals surface area contributed by atoms with Gasteiger partial charge in [0.1, 0.15) is 17.2 Å². The van der Waals surface area contributed by atoms with Crippen LogP contribution in [0.15, 0.2) is 48.7 Å². The molecule has 5 nitrogen and oxygen atoms in total. The van der Waals surface area contributed by atoms with E-state index in [1.54, 1.807) is 18.3 Å². The fourth-order valence-electron chi connectivity index (χ4n) is 2.87. The summed E-state index contributed by atoms with van der Waals surface area (Å²) in [7, 11) is 0. The number of hydrogen-bond donors (Lipinski definition) is 1. The lowest BCUT2D eigenvalue weighted by Gasteiger charge is -2.35. The van der Waals surface area contributed by atoms with E-state index >= 15 is 0 Å². The molecule has 2 aromatic rings. The molecule has 1 N–H and O–H groups in total. The SMILES string of the molecule is C[C@H]1CN(C(=O)c2cc(Oc3ccccc3)ccn2)C[C@H](C)N1. The van der Waals surface area contributed by atoms with Gasteiger partial charge in [0.25, 0.3) is 5.91 Å². The van der Waals surface area contributed by atoms with Gasteiger partial charge in [0.2, 0.25) is 0 Å². The van der Waals surface area contributed by atoms with Crippen molar-refractivity contribution in [1.82, 2.24) is 15.2 Å². The van der Waals surface area contributed by atoms with Crippen molar-refractivity contribution in [3.8, 4) is 11.5 Å². The van der Waals surface area contributed by atoms with Crippen LogP contribution >= 0.6 is 0 Å². The Kier molecular flexibility index (Phi) is 4.57. The van der Waals surface area contributed by atoms with Crippen molar-refractivity contribution >= 4 is 5.91 Å². The van der Waals surface area contributed by atoms with Crippen molar-refractivity contribution in [2.45, 2.75) is 25.9 Å². The second-order valence-corrected chi connectivity index (χ2v) is 5.97. The van der Waals surface area contributed by atoms with Crippen LogP contribution in [0.4, 0.5) is 0 Å². The van der Waals surface area contributed by atoms with Crippen molar-refractivity contribution in [3.05, 3.63) is 54.4 Å². The van der Waals surface area contributed by atoms with Crippen LogP contribution in [0.3, 0.4) is 0 Å². The fourth-order valence-corrected chi connectivity index (χ4v) is 2.87. The number of benzene rings is 1. The van der Waals surface area contributed by atoms with Gasteiger partial charge in [0, 0.05) is 37.4 Å². The minimum absolute atomic E-state index is 0.0521. The smallest absolute Gasteiger partial charge is 0.272 e. The fraction of sp³-hybridized carbons (Fsp3) is 0.333. The molecule has 1 fully saturated rings. The molecule has 1 aliphatic rings. The largest absolute Gasteiger partial charge is 0.457 e. The summed E-state index contributed by atoms with van der Waals surface area (Å²) in [6.45, 7) is 5.54. The number of hydrogen-bond acceptors (Lipinski definition) is 4. The third kappa shape index (κ3) is 3.87. The molecule has 120 valence electrons. The number of amides is 1. The van der Waals surface area contributed by atoms with Gasteiger partial charge in [0.15, 0.2) is 0 Å². The Bertz CT molecular complexity index is 665. The summed E-state index contributed by atoms with van der Waals surface area (Å²) in [4.78, 5) is 18.7. The van der Waals surface area contributed by atoms with Crippen molar-refractivity contribution in [3.63, 3.8) is 0 Å². The molecule has 0 unspecified atom stereocenters. The molecule has 5 heteroatoms. The van der Waals surface area contributed by atoms with Crippen molar-refractivity contribution in [2.24, 2.45) is 0 Å². The first-order valence-corrected chi connectivity index (χ1v) is 7.86. The van der Waals surface area contributed by atoms with Crippen LogP contribution in [0.5, 0.6) is 11.5 Å². The number of aromatic nitrogens is 1. The first-order chi connectivity index (χ1) is 11.1. The quantitative estimate of drug-likeness (QED) is 0.947. The second kappa shape index (κ2) is 6.79. The van der Waals surface area contributed by atoms with Gasteiger partial charge in [-0.05, 0) is 32.0 Å². The molecule has 0 saturated carbocycles. The Labute approximate surface area is 136 Å². The monoisotopic (exact) mass is 311 g/mol. The van der Waals surface area contributed by atoms with E-state index in [1.165, 1.54) is 0 Å². The molecule has 1 amide bonds. The maximum Gasteiger partial charge on any atom is 0.272 e. The van der Waals surface area contributed by atoms with Crippen LogP contribution in [-0.2, 0) is 0 Å². The lowest BCUT2D eigenvalue weighted by Crippen LogP contribution is -2.55. The molecule has 2 atom stereocenters. The molecule has 0 radical (unpaired) electrons. The molecule has 2 heterocycles. The highest BCUT2D eigenvalue weighted by atomic mass is 16.5. The minimum atomic E-state index is -0.0521. The van der Waals surface area contributed by atoms with Crippen LogP contribution in [0.1, 0.15) is 24.3 Å². The van der Waals surface area contributed by atoms with E-state index in [2.05, 4.69) is 24.1 Å². The Morgan fingerprint density at radius 3 is 2.52 bits per heavy atom. The van der Waals surface area contributed by atoms with E-state index < -0.39 is 0 Å². The highest BCUT2D eigenvalue weighted by Crippen LogP contribution is 2.21. The maximum atomic E-state index is 12.7. The third-order valence-corrected chi connectivity index (χ3v) is 3.77. The van der Waals surface area contributed by atoms with Gasteiger partial charge < -0.3 is 15.0 Å². The molecule has 0 bridgehead atoms. The molecular weight excluding hydrogens is 290 g/mol. The summed E-state index contributed by atoms with van der Waals surface area (Å²) in [6.07, 6.45) is 1.61. The zero-order valence-electron chi connectivity index (χ0n) is 13.4. The molecule has 23 heavy (non-hydrogen) atoms. The zero-order valence-corrected chi connectivity index (χ0v) is 13.4. The molecule has 1 saturated heterocycles. The summed E-state index contributed by atoms with van der Waals surface area (Å²) < 4.78 is 5.78. The highest BCUT2D eigenvalue weighted by Gasteiger charge is 2.26. The first-order valence-electron chi connectivity index (χ1n) is 7.86. The predicted molar refractivity (Wildman–Crippen MR) is 88.7 cm³/mol. The van der Waals surface area contributed by atoms with Crippen LogP contribution < -0.4 is 10.1 Å². The Hall–Kier alpha value is -2.40. The van der Waals surface area contributed by atoms with Crippen molar-refractivity contribution < 1.29 is 9.53 Å². The molecular formula is C18H21N3O2. The molecule has 0 aliphatic carbocycles. The van der Waals surface area contributed by atoms with Gasteiger partial charge in [-0.3, -0.25) is 9.78 Å². The molecule has 1 aromatic carbocycles. The number of piperazine rings is 1. The Morgan fingerprint density at radius 2 is 1.83 bits per heavy atom. The van der Waals surface area contributed by atoms with Gasteiger partial charge >= 0.3 is 0 Å². The summed E-state index contributed by atoms with van der Waals surface area (Å²) in [5.41, 5.74) is 0.416. The van der Waals surface area contributed by atoms with E-state index in [0.717, 1.165) is 5.75 Å². The number of nitrogens with one attached hydrogen (secondary N) is 1. The lowest BCUT2D eigenvalue weighted by atomic mass is 10.1. The number of pyridine rings is 1. The van der Waals surface area contributed by atoms with Gasteiger partial charge in [-0.15, -0.1) is 0 Å². The summed E-state index contributed by atoms with van der Waals surface area (Å²) in [5, 5.41) is 3.42. The average molecular weight is 311 g/mol. The first kappa shape index (κ1) is 15.5. The highest BCUT2D eigenvalue weighted by molar-refractivity contribution is 5.92. The van der Waals surface area contributed by atoms with Gasteiger partial charge in [-0.2, -0.15) is 0 Å². The normalized spacial score (nSPS) is 21.0. The summed E-state index contributed by atoms with van der Waals surface area (Å²) >= 11 is 0. The minimum Gasteiger partial charge on any atom is -0.457 e. The van der Waals surface area contributed by atoms with E-state index in [4.69, 9.17) is 4.74 Å². The number of rotatable bonds is 3. The molecule has 1 aliphatic heterocycles. The van der Waals surface area contributed by atoms with E-state index in [-0.39, 0.29) is 18.0 Å². The van der Waals surface area contributed by atoms with Gasteiger partial charge in [-0.1, -0.05) is 18.2 Å². The van der Waals surface area contributed by atoms with Crippen LogP contribution in [0.25, 0.3) is 0 Å². The third-order valence-electron chi connectivity index (χ3n) is 3.77. The topological polar surface area (TPSA) is 54.5 Å². The van der Waals surface area contributed by atoms with E-state index in [9.17, 15) is 4.79 Å². The standard InChI is InChI=1S/C18H21N3O2/c1-13-11-21(12-14(2)20-13)18(22)17-10-16(8-9-19-17)23-15-6-4-3-5-7-15/h3-10,13-14,20H,11-12H2,1-2H3/t13-,14-/m0/s1. The van der Waals surface area contributed by atoms with Crippen molar-refractivity contribution in [1.29, 1.82) is 0 Å². The predicted octanol–water partition coefficient (Wildman–Crippen LogP) is 2.70. The van der Waals surface area contributed by atoms with Crippen molar-refractivity contribution in [2.75, 3.05) is 13.1 Å². The zero-order chi connectivity index (χ0) is 16.2. The second-order valence-electron chi connectivity index (χ2n) is 5.97. The average Bonchev–Trinajstić information content (AvgIpc) is 2.54. The lowest BCUT2D eigenvalue weighted by molar-refractivity contribution is 0.0667. The number of carbonyl (C=O) groups is 1. The number of carbonyl (C=O) groups excluding carboxylic acids is 1. The molecule has 3 rings (SSSR count). The molecule has 1 aromatic heterocycles. The van der Waals surface area contributed by atoms with Crippen LogP contribution in [0.2, 0.25) is 0 Å². The van der Waals surface area contributed by atoms with Gasteiger partial charge in [0.05, 0.1) is 0 Å². The van der Waals surface area contributed by atoms with E-state index in [0.29, 0.717) is 24.5 Å². The maximum absolute atomic E-state index is 12.7. The molecule has 0 spiro atoms. The Balaban J connectivity index is 1.75. The van der Waals surface area contributed by atoms with Gasteiger partial charge in [-0.25, -0.2) is 0 Å². The summed E-state index contributed by atoms with van der Waals surface area (Å²) in [6, 6.07) is 13.5.